The Labute approximate surface area is 119 Å². The van der Waals surface area contributed by atoms with E-state index in [0.29, 0.717) is 11.8 Å². The van der Waals surface area contributed by atoms with Gasteiger partial charge in [-0.3, -0.25) is 0 Å². The first-order chi connectivity index (χ1) is 10.0. The summed E-state index contributed by atoms with van der Waals surface area (Å²) in [6, 6.07) is 0. The standard InChI is InChI=1S/C16H14F4O/c1-2-11-12(17)14(19)16(15(20)13(11)18)21-7-10-6-8-3-4-9(10)5-8/h2-4,8-10H,1,5-7H2/t8-,9+,10?/m0/s1. The summed E-state index contributed by atoms with van der Waals surface area (Å²) in [7, 11) is 0. The Morgan fingerprint density at radius 1 is 1.05 bits per heavy atom. The number of fused-ring (bicyclic) bond motifs is 2. The Bertz CT molecular complexity index is 594. The molecular formula is C16H14F4O. The second-order valence-corrected chi connectivity index (χ2v) is 5.55. The van der Waals surface area contributed by atoms with E-state index >= 15 is 0 Å². The molecular weight excluding hydrogens is 284 g/mol. The molecule has 2 aliphatic carbocycles. The van der Waals surface area contributed by atoms with E-state index < -0.39 is 34.6 Å². The van der Waals surface area contributed by atoms with Crippen LogP contribution >= 0.6 is 0 Å². The molecule has 0 radical (unpaired) electrons. The largest absolute Gasteiger partial charge is 0.487 e. The molecule has 0 aliphatic heterocycles. The second kappa shape index (κ2) is 5.20. The maximum absolute atomic E-state index is 13.8. The highest BCUT2D eigenvalue weighted by atomic mass is 19.2. The molecule has 2 aliphatic rings. The zero-order valence-electron chi connectivity index (χ0n) is 11.2. The molecule has 2 bridgehead atoms. The monoisotopic (exact) mass is 298 g/mol. The molecule has 3 atom stereocenters. The van der Waals surface area contributed by atoms with E-state index in [1.54, 1.807) is 0 Å². The van der Waals surface area contributed by atoms with E-state index in [9.17, 15) is 17.6 Å². The Kier molecular flexibility index (Phi) is 3.51. The molecule has 1 unspecified atom stereocenters. The molecule has 0 aromatic heterocycles. The Hall–Kier alpha value is -1.78. The average molecular weight is 298 g/mol. The lowest BCUT2D eigenvalue weighted by atomic mass is 9.94. The van der Waals surface area contributed by atoms with Gasteiger partial charge in [0.05, 0.1) is 12.2 Å². The highest BCUT2D eigenvalue weighted by Crippen LogP contribution is 2.43. The van der Waals surface area contributed by atoms with Crippen molar-refractivity contribution in [3.8, 4) is 5.75 Å². The number of hydrogen-bond donors (Lipinski definition) is 0. The fraction of sp³-hybridized carbons (Fsp3) is 0.375. The van der Waals surface area contributed by atoms with Gasteiger partial charge in [0.25, 0.3) is 0 Å². The highest BCUT2D eigenvalue weighted by molar-refractivity contribution is 5.51. The predicted octanol–water partition coefficient (Wildman–Crippen LogP) is 4.48. The first-order valence-electron chi connectivity index (χ1n) is 6.82. The Morgan fingerprint density at radius 2 is 1.71 bits per heavy atom. The van der Waals surface area contributed by atoms with Crippen molar-refractivity contribution in [2.24, 2.45) is 17.8 Å². The normalized spacial score (nSPS) is 26.4. The molecule has 1 nitrogen and oxygen atoms in total. The zero-order chi connectivity index (χ0) is 15.1. The number of rotatable bonds is 4. The predicted molar refractivity (Wildman–Crippen MR) is 70.7 cm³/mol. The van der Waals surface area contributed by atoms with Crippen LogP contribution in [-0.4, -0.2) is 6.61 Å². The van der Waals surface area contributed by atoms with Crippen molar-refractivity contribution in [3.63, 3.8) is 0 Å². The van der Waals surface area contributed by atoms with E-state index in [4.69, 9.17) is 4.74 Å². The van der Waals surface area contributed by atoms with Crippen LogP contribution in [0, 0.1) is 41.0 Å². The summed E-state index contributed by atoms with van der Waals surface area (Å²) in [5.41, 5.74) is -0.819. The van der Waals surface area contributed by atoms with Crippen LogP contribution in [0.4, 0.5) is 17.6 Å². The molecule has 5 heteroatoms. The van der Waals surface area contributed by atoms with Crippen molar-refractivity contribution in [3.05, 3.63) is 47.6 Å². The summed E-state index contributed by atoms with van der Waals surface area (Å²) >= 11 is 0. The number of benzene rings is 1. The van der Waals surface area contributed by atoms with Gasteiger partial charge in [-0.05, 0) is 30.6 Å². The Balaban J connectivity index is 1.82. The van der Waals surface area contributed by atoms with Gasteiger partial charge in [0.2, 0.25) is 11.6 Å². The number of hydrogen-bond acceptors (Lipinski definition) is 1. The van der Waals surface area contributed by atoms with Crippen LogP contribution in [0.25, 0.3) is 6.08 Å². The fourth-order valence-corrected chi connectivity index (χ4v) is 3.21. The summed E-state index contributed by atoms with van der Waals surface area (Å²) in [6.07, 6.45) is 6.82. The third kappa shape index (κ3) is 2.24. The molecule has 0 N–H and O–H groups in total. The fourth-order valence-electron chi connectivity index (χ4n) is 3.21. The van der Waals surface area contributed by atoms with Gasteiger partial charge in [-0.15, -0.1) is 0 Å². The van der Waals surface area contributed by atoms with Crippen LogP contribution < -0.4 is 4.74 Å². The maximum Gasteiger partial charge on any atom is 0.204 e. The molecule has 0 amide bonds. The summed E-state index contributed by atoms with van der Waals surface area (Å²) in [5.74, 6) is -6.03. The van der Waals surface area contributed by atoms with Crippen LogP contribution in [0.5, 0.6) is 5.75 Å². The van der Waals surface area contributed by atoms with Crippen molar-refractivity contribution in [1.82, 2.24) is 0 Å². The zero-order valence-corrected chi connectivity index (χ0v) is 11.2. The van der Waals surface area contributed by atoms with Gasteiger partial charge < -0.3 is 4.74 Å². The molecule has 112 valence electrons. The first kappa shape index (κ1) is 14.2. The van der Waals surface area contributed by atoms with Gasteiger partial charge in [-0.1, -0.05) is 24.8 Å². The minimum Gasteiger partial charge on any atom is -0.487 e. The highest BCUT2D eigenvalue weighted by Gasteiger charge is 2.36. The first-order valence-corrected chi connectivity index (χ1v) is 6.82. The topological polar surface area (TPSA) is 9.23 Å². The van der Waals surface area contributed by atoms with Gasteiger partial charge >= 0.3 is 0 Å². The SMILES string of the molecule is C=Cc1c(F)c(F)c(OCC2C[C@H]3C=C[C@@H]2C3)c(F)c1F. The van der Waals surface area contributed by atoms with Crippen molar-refractivity contribution in [1.29, 1.82) is 0 Å². The van der Waals surface area contributed by atoms with Crippen LogP contribution in [-0.2, 0) is 0 Å². The van der Waals surface area contributed by atoms with Gasteiger partial charge in [0, 0.05) is 0 Å². The lowest BCUT2D eigenvalue weighted by Crippen LogP contribution is -2.18. The second-order valence-electron chi connectivity index (χ2n) is 5.55. The van der Waals surface area contributed by atoms with Crippen molar-refractivity contribution in [2.45, 2.75) is 12.8 Å². The van der Waals surface area contributed by atoms with Gasteiger partial charge in [-0.25, -0.2) is 8.78 Å². The quantitative estimate of drug-likeness (QED) is 0.452. The smallest absolute Gasteiger partial charge is 0.204 e. The minimum absolute atomic E-state index is 0.0473. The minimum atomic E-state index is -1.51. The van der Waals surface area contributed by atoms with E-state index in [1.165, 1.54) is 0 Å². The summed E-state index contributed by atoms with van der Waals surface area (Å²) in [4.78, 5) is 0. The molecule has 0 saturated heterocycles. The third-order valence-corrected chi connectivity index (χ3v) is 4.32. The number of halogens is 4. The number of allylic oxidation sites excluding steroid dienone is 2. The molecule has 0 spiro atoms. The molecule has 1 fully saturated rings. The van der Waals surface area contributed by atoms with Crippen LogP contribution in [0.15, 0.2) is 18.7 Å². The third-order valence-electron chi connectivity index (χ3n) is 4.32. The molecule has 3 rings (SSSR count). The maximum atomic E-state index is 13.8. The summed E-state index contributed by atoms with van der Waals surface area (Å²) < 4.78 is 59.9. The van der Waals surface area contributed by atoms with Gasteiger partial charge in [0.15, 0.2) is 17.4 Å². The van der Waals surface area contributed by atoms with E-state index in [1.807, 2.05) is 0 Å². The van der Waals surface area contributed by atoms with Crippen molar-refractivity contribution in [2.75, 3.05) is 6.61 Å². The van der Waals surface area contributed by atoms with E-state index in [0.717, 1.165) is 18.9 Å². The van der Waals surface area contributed by atoms with E-state index in [2.05, 4.69) is 18.7 Å². The van der Waals surface area contributed by atoms with Crippen LogP contribution in [0.1, 0.15) is 18.4 Å². The lowest BCUT2D eigenvalue weighted by Gasteiger charge is -2.19. The molecule has 1 saturated carbocycles. The lowest BCUT2D eigenvalue weighted by molar-refractivity contribution is 0.205. The summed E-state index contributed by atoms with van der Waals surface area (Å²) in [6.45, 7) is 3.18. The molecule has 21 heavy (non-hydrogen) atoms. The molecule has 1 aromatic carbocycles. The van der Waals surface area contributed by atoms with Gasteiger partial charge in [-0.2, -0.15) is 8.78 Å². The van der Waals surface area contributed by atoms with Gasteiger partial charge in [0.1, 0.15) is 0 Å². The molecule has 1 aromatic rings. The van der Waals surface area contributed by atoms with Crippen LogP contribution in [0.2, 0.25) is 0 Å². The number of ether oxygens (including phenoxy) is 1. The van der Waals surface area contributed by atoms with Crippen molar-refractivity contribution >= 4 is 6.08 Å². The van der Waals surface area contributed by atoms with Crippen molar-refractivity contribution < 1.29 is 22.3 Å². The Morgan fingerprint density at radius 3 is 2.19 bits per heavy atom. The van der Waals surface area contributed by atoms with E-state index in [-0.39, 0.29) is 12.5 Å². The average Bonchev–Trinajstić information content (AvgIpc) is 3.08. The summed E-state index contributed by atoms with van der Waals surface area (Å²) in [5, 5.41) is 0. The van der Waals surface area contributed by atoms with Crippen LogP contribution in [0.3, 0.4) is 0 Å². The molecule has 0 heterocycles.